The highest BCUT2D eigenvalue weighted by Gasteiger charge is 2.50. The zero-order chi connectivity index (χ0) is 30.5. The summed E-state index contributed by atoms with van der Waals surface area (Å²) in [7, 11) is 0. The first-order valence-corrected chi connectivity index (χ1v) is 13.2. The van der Waals surface area contributed by atoms with Gasteiger partial charge in [-0.2, -0.15) is 18.3 Å². The molecule has 1 saturated heterocycles. The van der Waals surface area contributed by atoms with Crippen LogP contribution in [0, 0.1) is 5.82 Å². The summed E-state index contributed by atoms with van der Waals surface area (Å²) in [4.78, 5) is 30.4. The van der Waals surface area contributed by atoms with Gasteiger partial charge >= 0.3 is 6.18 Å². The Morgan fingerprint density at radius 2 is 1.67 bits per heavy atom. The fourth-order valence-electron chi connectivity index (χ4n) is 5.53. The molecule has 0 spiro atoms. The van der Waals surface area contributed by atoms with E-state index >= 15 is 0 Å². The lowest BCUT2D eigenvalue weighted by Crippen LogP contribution is -2.70. The standard InChI is InChI=1S/C30H23F6N5O2/c31-12-22(13-32)40-15-29(16-40,20-7-9-21(33)10-8-20)38-27(42)25-24(30(34,35)36)26-28(43)37-23(14-41(26)39-25)19-6-5-17-3-1-2-4-18(17)11-19/h1-11,14,22H,12-13,15-16H2,(H,37,43)(H,38,42). The quantitative estimate of drug-likeness (QED) is 0.251. The van der Waals surface area contributed by atoms with Crippen LogP contribution in [0.2, 0.25) is 0 Å². The van der Waals surface area contributed by atoms with E-state index in [1.807, 2.05) is 24.3 Å². The van der Waals surface area contributed by atoms with Gasteiger partial charge in [-0.25, -0.2) is 17.7 Å². The monoisotopic (exact) mass is 599 g/mol. The highest BCUT2D eigenvalue weighted by atomic mass is 19.4. The number of benzene rings is 3. The second-order valence-electron chi connectivity index (χ2n) is 10.5. The Bertz CT molecular complexity index is 1890. The Hall–Kier alpha value is -4.65. The number of alkyl halides is 5. The lowest BCUT2D eigenvalue weighted by Gasteiger charge is -2.52. The van der Waals surface area contributed by atoms with Crippen LogP contribution in [0.1, 0.15) is 21.6 Å². The molecule has 2 aromatic heterocycles. The van der Waals surface area contributed by atoms with Crippen molar-refractivity contribution < 1.29 is 31.1 Å². The SMILES string of the molecule is O=C(NC1(c2ccc(F)cc2)CN(C(CF)CF)C1)c1nn2cc(-c3ccc4ccccc4c3)[nH]c(=O)c2c1C(F)(F)F. The molecule has 1 aliphatic heterocycles. The first-order valence-electron chi connectivity index (χ1n) is 13.2. The summed E-state index contributed by atoms with van der Waals surface area (Å²) in [5, 5.41) is 8.19. The van der Waals surface area contributed by atoms with Gasteiger partial charge in [-0.1, -0.05) is 48.5 Å². The maximum atomic E-state index is 14.4. The number of fused-ring (bicyclic) bond motifs is 2. The number of H-pyrrole nitrogens is 1. The molecule has 3 heterocycles. The second kappa shape index (κ2) is 10.6. The molecule has 0 saturated carbocycles. The molecule has 0 bridgehead atoms. The van der Waals surface area contributed by atoms with Crippen LogP contribution in [0.25, 0.3) is 27.5 Å². The number of hydrogen-bond acceptors (Lipinski definition) is 4. The molecule has 6 rings (SSSR count). The third-order valence-electron chi connectivity index (χ3n) is 7.75. The molecule has 0 aliphatic carbocycles. The van der Waals surface area contributed by atoms with Crippen molar-refractivity contribution in [3.05, 3.63) is 106 Å². The van der Waals surface area contributed by atoms with Gasteiger partial charge in [0, 0.05) is 18.7 Å². The van der Waals surface area contributed by atoms with Gasteiger partial charge in [0.25, 0.3) is 11.5 Å². The molecule has 1 fully saturated rings. The molecule has 13 heteroatoms. The second-order valence-corrected chi connectivity index (χ2v) is 10.5. The van der Waals surface area contributed by atoms with E-state index in [0.717, 1.165) is 27.4 Å². The number of halogens is 6. The van der Waals surface area contributed by atoms with E-state index < -0.39 is 65.2 Å². The van der Waals surface area contributed by atoms with Gasteiger partial charge in [0.2, 0.25) is 0 Å². The van der Waals surface area contributed by atoms with Crippen LogP contribution in [0.15, 0.2) is 77.7 Å². The van der Waals surface area contributed by atoms with E-state index in [9.17, 15) is 35.9 Å². The minimum Gasteiger partial charge on any atom is -0.338 e. The lowest BCUT2D eigenvalue weighted by molar-refractivity contribution is -0.136. The number of likely N-dealkylation sites (tertiary alicyclic amines) is 1. The summed E-state index contributed by atoms with van der Waals surface area (Å²) >= 11 is 0. The van der Waals surface area contributed by atoms with Gasteiger partial charge in [-0.05, 0) is 34.5 Å². The van der Waals surface area contributed by atoms with Gasteiger partial charge in [-0.3, -0.25) is 14.5 Å². The topological polar surface area (TPSA) is 82.5 Å². The highest BCUT2D eigenvalue weighted by Crippen LogP contribution is 2.37. The van der Waals surface area contributed by atoms with E-state index in [1.165, 1.54) is 23.2 Å². The molecule has 1 aliphatic rings. The summed E-state index contributed by atoms with van der Waals surface area (Å²) in [6, 6.07) is 16.4. The summed E-state index contributed by atoms with van der Waals surface area (Å²) in [5.41, 5.74) is -4.96. The number of carbonyl (C=O) groups excluding carboxylic acids is 1. The molecule has 3 aromatic carbocycles. The minimum atomic E-state index is -5.14. The Morgan fingerprint density at radius 3 is 2.33 bits per heavy atom. The normalized spacial score (nSPS) is 15.2. The molecule has 0 atom stereocenters. The van der Waals surface area contributed by atoms with Crippen LogP contribution >= 0.6 is 0 Å². The summed E-state index contributed by atoms with van der Waals surface area (Å²) in [6.07, 6.45) is -3.95. The lowest BCUT2D eigenvalue weighted by atomic mass is 9.81. The van der Waals surface area contributed by atoms with Gasteiger partial charge < -0.3 is 10.3 Å². The maximum Gasteiger partial charge on any atom is 0.421 e. The average molecular weight is 600 g/mol. The molecule has 5 aromatic rings. The Balaban J connectivity index is 1.42. The fourth-order valence-corrected chi connectivity index (χ4v) is 5.53. The number of nitrogens with zero attached hydrogens (tertiary/aromatic N) is 3. The minimum absolute atomic E-state index is 0.149. The average Bonchev–Trinajstić information content (AvgIpc) is 3.38. The van der Waals surface area contributed by atoms with E-state index in [-0.39, 0.29) is 18.8 Å². The number of hydrogen-bond donors (Lipinski definition) is 2. The number of aromatic amines is 1. The van der Waals surface area contributed by atoms with Crippen LogP contribution in [0.4, 0.5) is 26.3 Å². The molecular formula is C30H23F6N5O2. The Morgan fingerprint density at radius 1 is 1.00 bits per heavy atom. The van der Waals surface area contributed by atoms with Gasteiger partial charge in [-0.15, -0.1) is 0 Å². The molecule has 43 heavy (non-hydrogen) atoms. The van der Waals surface area contributed by atoms with Gasteiger partial charge in [0.05, 0.1) is 23.5 Å². The van der Waals surface area contributed by atoms with Gasteiger partial charge in [0.15, 0.2) is 5.69 Å². The van der Waals surface area contributed by atoms with E-state index in [1.54, 1.807) is 18.2 Å². The summed E-state index contributed by atoms with van der Waals surface area (Å²) in [5.74, 6) is -1.85. The third-order valence-corrected chi connectivity index (χ3v) is 7.75. The molecule has 0 radical (unpaired) electrons. The van der Waals surface area contributed by atoms with Crippen LogP contribution in [-0.2, 0) is 11.7 Å². The zero-order valence-corrected chi connectivity index (χ0v) is 22.3. The largest absolute Gasteiger partial charge is 0.421 e. The van der Waals surface area contributed by atoms with Crippen molar-refractivity contribution in [2.45, 2.75) is 17.8 Å². The van der Waals surface area contributed by atoms with Crippen LogP contribution in [-0.4, -0.2) is 57.9 Å². The Kier molecular flexibility index (Phi) is 6.99. The van der Waals surface area contributed by atoms with Crippen molar-refractivity contribution in [3.8, 4) is 11.3 Å². The van der Waals surface area contributed by atoms with Crippen LogP contribution in [0.5, 0.6) is 0 Å². The summed E-state index contributed by atoms with van der Waals surface area (Å²) < 4.78 is 84.2. The first-order chi connectivity index (χ1) is 20.5. The predicted octanol–water partition coefficient (Wildman–Crippen LogP) is 5.25. The molecule has 7 nitrogen and oxygen atoms in total. The molecular weight excluding hydrogens is 576 g/mol. The number of carbonyl (C=O) groups is 1. The zero-order valence-electron chi connectivity index (χ0n) is 22.3. The maximum absolute atomic E-state index is 14.4. The molecule has 2 N–H and O–H groups in total. The van der Waals surface area contributed by atoms with E-state index in [4.69, 9.17) is 0 Å². The molecule has 222 valence electrons. The summed E-state index contributed by atoms with van der Waals surface area (Å²) in [6.45, 7) is -2.33. The van der Waals surface area contributed by atoms with Crippen LogP contribution in [0.3, 0.4) is 0 Å². The van der Waals surface area contributed by atoms with Crippen molar-refractivity contribution in [1.82, 2.24) is 24.8 Å². The number of rotatable bonds is 7. The predicted molar refractivity (Wildman–Crippen MR) is 147 cm³/mol. The fraction of sp³-hybridized carbons (Fsp3) is 0.233. The van der Waals surface area contributed by atoms with Crippen molar-refractivity contribution in [1.29, 1.82) is 0 Å². The van der Waals surface area contributed by atoms with Crippen LogP contribution < -0.4 is 10.9 Å². The van der Waals surface area contributed by atoms with Crippen molar-refractivity contribution in [2.75, 3.05) is 26.4 Å². The van der Waals surface area contributed by atoms with Crippen molar-refractivity contribution in [2.24, 2.45) is 0 Å². The number of aromatic nitrogens is 3. The van der Waals surface area contributed by atoms with Crippen molar-refractivity contribution in [3.63, 3.8) is 0 Å². The van der Waals surface area contributed by atoms with E-state index in [2.05, 4.69) is 15.4 Å². The van der Waals surface area contributed by atoms with Crippen molar-refractivity contribution >= 4 is 22.2 Å². The van der Waals surface area contributed by atoms with E-state index in [0.29, 0.717) is 11.1 Å². The third kappa shape index (κ3) is 5.03. The Labute approximate surface area is 239 Å². The van der Waals surface area contributed by atoms with Gasteiger partial charge in [0.1, 0.15) is 30.2 Å². The first kappa shape index (κ1) is 28.5. The smallest absolute Gasteiger partial charge is 0.338 e. The molecule has 1 amide bonds. The number of amides is 1. The highest BCUT2D eigenvalue weighted by molar-refractivity contribution is 5.97. The molecule has 0 unspecified atom stereocenters. The number of nitrogens with one attached hydrogen (secondary N) is 2.